The highest BCUT2D eigenvalue weighted by molar-refractivity contribution is 6.61. The van der Waals surface area contributed by atoms with Crippen molar-refractivity contribution >= 4 is 14.8 Å². The Balaban J connectivity index is 2.72. The molecule has 0 spiro atoms. The van der Waals surface area contributed by atoms with E-state index in [1.54, 1.807) is 0 Å². The number of carbonyl (C=O) groups is 1. The zero-order valence-corrected chi connectivity index (χ0v) is 10.5. The van der Waals surface area contributed by atoms with Gasteiger partial charge in [-0.15, -0.1) is 0 Å². The zero-order valence-electron chi connectivity index (χ0n) is 9.49. The van der Waals surface area contributed by atoms with Crippen molar-refractivity contribution in [2.75, 3.05) is 7.11 Å². The van der Waals surface area contributed by atoms with Crippen LogP contribution in [0, 0.1) is 0 Å². The minimum atomic E-state index is -0.656. The molecule has 0 saturated heterocycles. The molecule has 0 fully saturated rings. The van der Waals surface area contributed by atoms with E-state index in [1.165, 1.54) is 12.7 Å². The molecule has 15 heavy (non-hydrogen) atoms. The predicted octanol–water partition coefficient (Wildman–Crippen LogP) is 2.53. The number of methoxy groups -OCH3 is 1. The molecule has 1 rings (SSSR count). The largest absolute Gasteiger partial charge is 0.469 e. The van der Waals surface area contributed by atoms with E-state index in [9.17, 15) is 4.79 Å². The molecule has 1 aromatic rings. The molecule has 0 heterocycles. The lowest BCUT2D eigenvalue weighted by molar-refractivity contribution is -0.140. The van der Waals surface area contributed by atoms with Gasteiger partial charge >= 0.3 is 5.97 Å². The fraction of sp³-hybridized carbons (Fsp3) is 0.417. The van der Waals surface area contributed by atoms with Crippen molar-refractivity contribution in [3.05, 3.63) is 35.9 Å². The molecular weight excluding hydrogens is 204 g/mol. The van der Waals surface area contributed by atoms with Gasteiger partial charge in [-0.25, -0.2) is 0 Å². The molecule has 0 aliphatic carbocycles. The van der Waals surface area contributed by atoms with Crippen LogP contribution in [0.15, 0.2) is 30.3 Å². The lowest BCUT2D eigenvalue weighted by Gasteiger charge is -2.16. The van der Waals surface area contributed by atoms with Crippen LogP contribution < -0.4 is 0 Å². The molecule has 3 heteroatoms. The van der Waals surface area contributed by atoms with Crippen LogP contribution in [0.1, 0.15) is 5.56 Å². The van der Waals surface area contributed by atoms with Crippen LogP contribution in [0.4, 0.5) is 0 Å². The minimum absolute atomic E-state index is 0.0578. The third-order valence-electron chi connectivity index (χ3n) is 2.47. The van der Waals surface area contributed by atoms with Gasteiger partial charge < -0.3 is 4.74 Å². The van der Waals surface area contributed by atoms with Gasteiger partial charge in [0.05, 0.1) is 21.4 Å². The van der Waals surface area contributed by atoms with E-state index < -0.39 is 8.80 Å². The van der Waals surface area contributed by atoms with Gasteiger partial charge in [-0.2, -0.15) is 0 Å². The van der Waals surface area contributed by atoms with E-state index in [0.717, 1.165) is 6.42 Å². The fourth-order valence-corrected chi connectivity index (χ4v) is 2.75. The second-order valence-corrected chi connectivity index (χ2v) is 6.69. The molecule has 0 N–H and O–H groups in total. The van der Waals surface area contributed by atoms with Crippen LogP contribution in [0.2, 0.25) is 18.6 Å². The second kappa shape index (κ2) is 5.71. The molecule has 0 aliphatic heterocycles. The first kappa shape index (κ1) is 12.0. The van der Waals surface area contributed by atoms with E-state index in [4.69, 9.17) is 4.74 Å². The monoisotopic (exact) mass is 221 g/mol. The molecule has 1 radical (unpaired) electrons. The van der Waals surface area contributed by atoms with Crippen molar-refractivity contribution in [2.45, 2.75) is 25.1 Å². The summed E-state index contributed by atoms with van der Waals surface area (Å²) in [6.45, 7) is 4.30. The highest BCUT2D eigenvalue weighted by atomic mass is 28.3. The molecule has 81 valence electrons. The highest BCUT2D eigenvalue weighted by Gasteiger charge is 2.23. The average molecular weight is 221 g/mol. The second-order valence-electron chi connectivity index (χ2n) is 3.84. The Hall–Kier alpha value is -1.09. The van der Waals surface area contributed by atoms with Gasteiger partial charge in [0.2, 0.25) is 0 Å². The summed E-state index contributed by atoms with van der Waals surface area (Å²) in [5.41, 5.74) is 1.27. The van der Waals surface area contributed by atoms with Crippen LogP contribution in [0.25, 0.3) is 0 Å². The molecule has 1 unspecified atom stereocenters. The molecule has 0 aliphatic rings. The number of esters is 1. The lowest BCUT2D eigenvalue weighted by Crippen LogP contribution is -2.24. The summed E-state index contributed by atoms with van der Waals surface area (Å²) in [4.78, 5) is 11.6. The number of hydrogen-bond donors (Lipinski definition) is 0. The molecule has 0 bridgehead atoms. The fourth-order valence-electron chi connectivity index (χ4n) is 1.52. The topological polar surface area (TPSA) is 26.3 Å². The Bertz CT molecular complexity index is 309. The summed E-state index contributed by atoms with van der Waals surface area (Å²) in [6, 6.07) is 10.1. The Kier molecular flexibility index (Phi) is 4.56. The summed E-state index contributed by atoms with van der Waals surface area (Å²) in [5, 5.41) is 0. The molecular formula is C12H17O2Si. The average Bonchev–Trinajstić information content (AvgIpc) is 2.26. The Morgan fingerprint density at radius 1 is 1.33 bits per heavy atom. The molecule has 2 nitrogen and oxygen atoms in total. The van der Waals surface area contributed by atoms with Crippen molar-refractivity contribution in [3.8, 4) is 0 Å². The van der Waals surface area contributed by atoms with Crippen molar-refractivity contribution in [3.63, 3.8) is 0 Å². The summed E-state index contributed by atoms with van der Waals surface area (Å²) >= 11 is 0. The van der Waals surface area contributed by atoms with E-state index in [0.29, 0.717) is 0 Å². The van der Waals surface area contributed by atoms with Crippen molar-refractivity contribution < 1.29 is 9.53 Å². The summed E-state index contributed by atoms with van der Waals surface area (Å²) in [7, 11) is 0.807. The van der Waals surface area contributed by atoms with Crippen LogP contribution in [0.3, 0.4) is 0 Å². The Morgan fingerprint density at radius 2 is 1.93 bits per heavy atom. The molecule has 1 atom stereocenters. The minimum Gasteiger partial charge on any atom is -0.469 e. The summed E-state index contributed by atoms with van der Waals surface area (Å²) < 4.78 is 4.83. The van der Waals surface area contributed by atoms with E-state index >= 15 is 0 Å². The zero-order chi connectivity index (χ0) is 11.3. The van der Waals surface area contributed by atoms with E-state index in [1.807, 2.05) is 18.2 Å². The first-order valence-electron chi connectivity index (χ1n) is 5.07. The predicted molar refractivity (Wildman–Crippen MR) is 63.4 cm³/mol. The third-order valence-corrected chi connectivity index (χ3v) is 4.30. The molecule has 0 saturated carbocycles. The number of ether oxygens (including phenoxy) is 1. The Labute approximate surface area is 92.9 Å². The summed E-state index contributed by atoms with van der Waals surface area (Å²) in [6.07, 6.45) is 0.800. The maximum atomic E-state index is 11.6. The van der Waals surface area contributed by atoms with Gasteiger partial charge in [0.1, 0.15) is 0 Å². The first-order valence-corrected chi connectivity index (χ1v) is 7.64. The highest BCUT2D eigenvalue weighted by Crippen LogP contribution is 2.19. The third kappa shape index (κ3) is 3.51. The van der Waals surface area contributed by atoms with Crippen LogP contribution in [-0.4, -0.2) is 21.9 Å². The maximum Gasteiger partial charge on any atom is 0.305 e. The van der Waals surface area contributed by atoms with Crippen molar-refractivity contribution in [2.24, 2.45) is 0 Å². The molecule has 0 aromatic heterocycles. The van der Waals surface area contributed by atoms with Gasteiger partial charge in [-0.05, 0) is 12.0 Å². The quantitative estimate of drug-likeness (QED) is 0.577. The number of carbonyl (C=O) groups excluding carboxylic acids is 1. The van der Waals surface area contributed by atoms with Gasteiger partial charge in [-0.1, -0.05) is 43.4 Å². The van der Waals surface area contributed by atoms with Crippen LogP contribution in [0.5, 0.6) is 0 Å². The van der Waals surface area contributed by atoms with E-state index in [2.05, 4.69) is 25.2 Å². The molecule has 0 amide bonds. The number of benzene rings is 1. The smallest absolute Gasteiger partial charge is 0.305 e. The number of hydrogen-bond acceptors (Lipinski definition) is 2. The van der Waals surface area contributed by atoms with Crippen LogP contribution >= 0.6 is 0 Å². The maximum absolute atomic E-state index is 11.6. The van der Waals surface area contributed by atoms with Gasteiger partial charge in [0.15, 0.2) is 0 Å². The summed E-state index contributed by atoms with van der Waals surface area (Å²) in [5.74, 6) is -0.0715. The lowest BCUT2D eigenvalue weighted by atomic mass is 10.1. The van der Waals surface area contributed by atoms with Gasteiger partial charge in [-0.3, -0.25) is 4.79 Å². The number of rotatable bonds is 4. The van der Waals surface area contributed by atoms with Crippen molar-refractivity contribution in [1.82, 2.24) is 0 Å². The first-order chi connectivity index (χ1) is 7.15. The van der Waals surface area contributed by atoms with E-state index in [-0.39, 0.29) is 11.5 Å². The SMILES string of the molecule is COC(=O)C(Cc1ccccc1)[Si](C)C. The van der Waals surface area contributed by atoms with Gasteiger partial charge in [0, 0.05) is 0 Å². The molecule has 1 aromatic carbocycles. The van der Waals surface area contributed by atoms with Crippen molar-refractivity contribution in [1.29, 1.82) is 0 Å². The van der Waals surface area contributed by atoms with Gasteiger partial charge in [0.25, 0.3) is 0 Å². The standard InChI is InChI=1S/C12H17O2Si/c1-14-12(13)11(15(2)3)9-10-7-5-4-6-8-10/h4-8,11H,9H2,1-3H3. The van der Waals surface area contributed by atoms with Crippen LogP contribution in [-0.2, 0) is 16.0 Å². The Morgan fingerprint density at radius 3 is 2.40 bits per heavy atom. The normalized spacial score (nSPS) is 12.5.